The number of hydrogen-bond donors (Lipinski definition) is 1. The minimum Gasteiger partial charge on any atom is -0.481 e. The Bertz CT molecular complexity index is 615. The minimum atomic E-state index is 0.392. The number of aryl methyl sites for hydroxylation is 1. The van der Waals surface area contributed by atoms with Crippen molar-refractivity contribution < 1.29 is 4.74 Å². The molecule has 0 amide bonds. The van der Waals surface area contributed by atoms with Gasteiger partial charge in [-0.1, -0.05) is 17.7 Å². The van der Waals surface area contributed by atoms with E-state index in [4.69, 9.17) is 21.6 Å². The van der Waals surface area contributed by atoms with Gasteiger partial charge in [-0.2, -0.15) is 10.4 Å². The summed E-state index contributed by atoms with van der Waals surface area (Å²) in [7, 11) is 3.34. The molecule has 0 spiro atoms. The fourth-order valence-corrected chi connectivity index (χ4v) is 1.80. The lowest BCUT2D eigenvalue weighted by molar-refractivity contribution is 0.373. The zero-order valence-electron chi connectivity index (χ0n) is 9.94. The fourth-order valence-electron chi connectivity index (χ4n) is 1.58. The topological polar surface area (TPSA) is 62.9 Å². The summed E-state index contributed by atoms with van der Waals surface area (Å²) in [4.78, 5) is 0. The summed E-state index contributed by atoms with van der Waals surface area (Å²) in [6.45, 7) is 0. The molecular formula is C12H11ClN4O. The van der Waals surface area contributed by atoms with Crippen LogP contribution in [0.5, 0.6) is 5.88 Å². The van der Waals surface area contributed by atoms with Gasteiger partial charge in [0.1, 0.15) is 6.07 Å². The number of methoxy groups -OCH3 is 1. The van der Waals surface area contributed by atoms with Gasteiger partial charge in [0.15, 0.2) is 5.82 Å². The molecule has 1 aromatic heterocycles. The second kappa shape index (κ2) is 4.98. The van der Waals surface area contributed by atoms with Gasteiger partial charge in [0.05, 0.1) is 23.4 Å². The van der Waals surface area contributed by atoms with E-state index in [2.05, 4.69) is 16.5 Å². The molecule has 2 aromatic rings. The number of rotatable bonds is 3. The largest absolute Gasteiger partial charge is 0.481 e. The van der Waals surface area contributed by atoms with Gasteiger partial charge < -0.3 is 10.1 Å². The van der Waals surface area contributed by atoms with Crippen molar-refractivity contribution >= 4 is 23.1 Å². The van der Waals surface area contributed by atoms with E-state index < -0.39 is 0 Å². The van der Waals surface area contributed by atoms with Crippen LogP contribution in [0, 0.1) is 11.3 Å². The molecule has 0 aliphatic rings. The first-order chi connectivity index (χ1) is 8.65. The Morgan fingerprint density at radius 1 is 1.50 bits per heavy atom. The van der Waals surface area contributed by atoms with Crippen molar-refractivity contribution in [1.29, 1.82) is 5.26 Å². The van der Waals surface area contributed by atoms with Crippen molar-refractivity contribution in [2.24, 2.45) is 7.05 Å². The Hall–Kier alpha value is -2.19. The molecule has 0 radical (unpaired) electrons. The van der Waals surface area contributed by atoms with E-state index in [1.54, 1.807) is 43.1 Å². The van der Waals surface area contributed by atoms with Gasteiger partial charge in [-0.15, -0.1) is 0 Å². The normalized spacial score (nSPS) is 9.89. The van der Waals surface area contributed by atoms with E-state index in [0.29, 0.717) is 28.0 Å². The molecule has 0 atom stereocenters. The molecule has 1 N–H and O–H groups in total. The lowest BCUT2D eigenvalue weighted by Gasteiger charge is -2.05. The number of aromatic nitrogens is 2. The molecule has 0 saturated heterocycles. The van der Waals surface area contributed by atoms with Crippen LogP contribution < -0.4 is 10.1 Å². The highest BCUT2D eigenvalue weighted by Gasteiger charge is 2.09. The average Bonchev–Trinajstić information content (AvgIpc) is 2.70. The molecule has 0 bridgehead atoms. The van der Waals surface area contributed by atoms with Gasteiger partial charge in [-0.3, -0.25) is 0 Å². The molecular weight excluding hydrogens is 252 g/mol. The number of halogens is 1. The van der Waals surface area contributed by atoms with Crippen molar-refractivity contribution in [3.8, 4) is 11.9 Å². The number of nitrogens with zero attached hydrogens (tertiary/aromatic N) is 3. The molecule has 0 aliphatic carbocycles. The quantitative estimate of drug-likeness (QED) is 0.924. The zero-order chi connectivity index (χ0) is 13.1. The molecule has 0 aliphatic heterocycles. The van der Waals surface area contributed by atoms with E-state index in [0.717, 1.165) is 0 Å². The Balaban J connectivity index is 2.34. The molecule has 2 rings (SSSR count). The number of nitriles is 1. The predicted octanol–water partition coefficient (Wildman–Crippen LogP) is 2.70. The predicted molar refractivity (Wildman–Crippen MR) is 69.2 cm³/mol. The Morgan fingerprint density at radius 2 is 2.28 bits per heavy atom. The van der Waals surface area contributed by atoms with Crippen LogP contribution in [-0.4, -0.2) is 16.9 Å². The molecule has 0 saturated carbocycles. The summed E-state index contributed by atoms with van der Waals surface area (Å²) in [5, 5.41) is 16.7. The smallest absolute Gasteiger partial charge is 0.213 e. The summed E-state index contributed by atoms with van der Waals surface area (Å²) in [5.74, 6) is 1.21. The van der Waals surface area contributed by atoms with Crippen LogP contribution in [0.15, 0.2) is 24.3 Å². The van der Waals surface area contributed by atoms with Gasteiger partial charge in [-0.25, -0.2) is 4.68 Å². The van der Waals surface area contributed by atoms with Gasteiger partial charge in [0, 0.05) is 13.1 Å². The number of benzene rings is 1. The first-order valence-corrected chi connectivity index (χ1v) is 5.57. The second-order valence-electron chi connectivity index (χ2n) is 3.59. The standard InChI is InChI=1S/C12H11ClN4O/c1-17-12(18-2)6-11(16-17)15-10-5-3-4-9(13)8(10)7-14/h3-6H,1-2H3,(H,15,16). The Kier molecular flexibility index (Phi) is 3.40. The van der Waals surface area contributed by atoms with Crippen molar-refractivity contribution in [3.63, 3.8) is 0 Å². The minimum absolute atomic E-state index is 0.392. The average molecular weight is 263 g/mol. The first kappa shape index (κ1) is 12.3. The van der Waals surface area contributed by atoms with E-state index in [1.807, 2.05) is 0 Å². The zero-order valence-corrected chi connectivity index (χ0v) is 10.7. The SMILES string of the molecule is COc1cc(Nc2cccc(Cl)c2C#N)nn1C. The summed E-state index contributed by atoms with van der Waals surface area (Å²) in [6, 6.07) is 9.01. The van der Waals surface area contributed by atoms with Gasteiger partial charge in [-0.05, 0) is 12.1 Å². The highest BCUT2D eigenvalue weighted by Crippen LogP contribution is 2.27. The van der Waals surface area contributed by atoms with Gasteiger partial charge in [0.2, 0.25) is 5.88 Å². The third-order valence-electron chi connectivity index (χ3n) is 2.43. The first-order valence-electron chi connectivity index (χ1n) is 5.19. The summed E-state index contributed by atoms with van der Waals surface area (Å²) >= 11 is 5.95. The molecule has 6 heteroatoms. The van der Waals surface area contributed by atoms with Crippen LogP contribution in [0.1, 0.15) is 5.56 Å². The Morgan fingerprint density at radius 3 is 2.89 bits per heavy atom. The van der Waals surface area contributed by atoms with Crippen LogP contribution in [0.4, 0.5) is 11.5 Å². The van der Waals surface area contributed by atoms with Gasteiger partial charge in [0.25, 0.3) is 0 Å². The van der Waals surface area contributed by atoms with Crippen LogP contribution in [0.25, 0.3) is 0 Å². The highest BCUT2D eigenvalue weighted by atomic mass is 35.5. The fraction of sp³-hybridized carbons (Fsp3) is 0.167. The summed E-state index contributed by atoms with van der Waals surface area (Å²) in [5.41, 5.74) is 1.01. The Labute approximate surface area is 110 Å². The third kappa shape index (κ3) is 2.24. The monoisotopic (exact) mass is 262 g/mol. The molecule has 92 valence electrons. The molecule has 1 heterocycles. The summed E-state index contributed by atoms with van der Waals surface area (Å²) in [6.07, 6.45) is 0. The maximum absolute atomic E-state index is 9.06. The number of nitrogens with one attached hydrogen (secondary N) is 1. The van der Waals surface area contributed by atoms with Crippen molar-refractivity contribution in [2.45, 2.75) is 0 Å². The summed E-state index contributed by atoms with van der Waals surface area (Å²) < 4.78 is 6.71. The van der Waals surface area contributed by atoms with Crippen LogP contribution in [0.2, 0.25) is 5.02 Å². The highest BCUT2D eigenvalue weighted by molar-refractivity contribution is 6.32. The van der Waals surface area contributed by atoms with Crippen molar-refractivity contribution in [1.82, 2.24) is 9.78 Å². The molecule has 1 aromatic carbocycles. The number of hydrogen-bond acceptors (Lipinski definition) is 4. The second-order valence-corrected chi connectivity index (χ2v) is 4.00. The van der Waals surface area contributed by atoms with E-state index in [1.165, 1.54) is 0 Å². The molecule has 0 fully saturated rings. The van der Waals surface area contributed by atoms with Crippen LogP contribution in [-0.2, 0) is 7.05 Å². The maximum atomic E-state index is 9.06. The number of anilines is 2. The van der Waals surface area contributed by atoms with Crippen molar-refractivity contribution in [3.05, 3.63) is 34.9 Å². The van der Waals surface area contributed by atoms with Gasteiger partial charge >= 0.3 is 0 Å². The third-order valence-corrected chi connectivity index (χ3v) is 2.75. The lowest BCUT2D eigenvalue weighted by atomic mass is 10.2. The van der Waals surface area contributed by atoms with E-state index >= 15 is 0 Å². The lowest BCUT2D eigenvalue weighted by Crippen LogP contribution is -1.97. The van der Waals surface area contributed by atoms with E-state index in [-0.39, 0.29) is 0 Å². The molecule has 5 nitrogen and oxygen atoms in total. The van der Waals surface area contributed by atoms with Crippen LogP contribution >= 0.6 is 11.6 Å². The number of ether oxygens (including phenoxy) is 1. The van der Waals surface area contributed by atoms with Crippen LogP contribution in [0.3, 0.4) is 0 Å². The molecule has 0 unspecified atom stereocenters. The van der Waals surface area contributed by atoms with Crippen molar-refractivity contribution in [2.75, 3.05) is 12.4 Å². The maximum Gasteiger partial charge on any atom is 0.213 e. The van der Waals surface area contributed by atoms with E-state index in [9.17, 15) is 0 Å². The molecule has 18 heavy (non-hydrogen) atoms.